The highest BCUT2D eigenvalue weighted by Gasteiger charge is 2.22. The van der Waals surface area contributed by atoms with Crippen molar-refractivity contribution in [3.63, 3.8) is 0 Å². The van der Waals surface area contributed by atoms with Crippen molar-refractivity contribution in [2.45, 2.75) is 45.2 Å². The van der Waals surface area contributed by atoms with Gasteiger partial charge in [0.15, 0.2) is 0 Å². The van der Waals surface area contributed by atoms with Gasteiger partial charge in [-0.1, -0.05) is 44.2 Å². The minimum Gasteiger partial charge on any atom is -0.496 e. The maximum Gasteiger partial charge on any atom is 0.208 e. The van der Waals surface area contributed by atoms with Gasteiger partial charge in [-0.05, 0) is 47.6 Å². The Bertz CT molecular complexity index is 933. The van der Waals surface area contributed by atoms with Crippen molar-refractivity contribution in [2.75, 3.05) is 26.5 Å². The fraction of sp³-hybridized carbons (Fsp3) is 0.478. The van der Waals surface area contributed by atoms with Crippen molar-refractivity contribution in [3.05, 3.63) is 53.6 Å². The highest BCUT2D eigenvalue weighted by molar-refractivity contribution is 7.88. The zero-order chi connectivity index (χ0) is 21.0. The van der Waals surface area contributed by atoms with Crippen molar-refractivity contribution in [2.24, 2.45) is 0 Å². The molecule has 1 N–H and O–H groups in total. The van der Waals surface area contributed by atoms with Gasteiger partial charge in [-0.15, -0.1) is 0 Å². The van der Waals surface area contributed by atoms with Crippen LogP contribution in [0.15, 0.2) is 42.5 Å². The molecule has 0 unspecified atom stereocenters. The molecule has 2 aromatic rings. The van der Waals surface area contributed by atoms with Gasteiger partial charge < -0.3 is 4.74 Å². The largest absolute Gasteiger partial charge is 0.496 e. The predicted molar refractivity (Wildman–Crippen MR) is 119 cm³/mol. The van der Waals surface area contributed by atoms with Crippen molar-refractivity contribution in [3.8, 4) is 16.9 Å². The standard InChI is InChI=1S/C23H32N2O3S/c1-17(2)20-7-5-6-8-21(20)22-15-18(9-10-23(22)28-3)16-25-13-11-19(12-14-25)24-29(4,26)27/h5-10,15,17,19,24H,11-14,16H2,1-4H3. The summed E-state index contributed by atoms with van der Waals surface area (Å²) in [5.74, 6) is 1.32. The molecule has 29 heavy (non-hydrogen) atoms. The summed E-state index contributed by atoms with van der Waals surface area (Å²) >= 11 is 0. The van der Waals surface area contributed by atoms with Crippen LogP contribution in [0.2, 0.25) is 0 Å². The smallest absolute Gasteiger partial charge is 0.208 e. The first kappa shape index (κ1) is 21.8. The molecule has 5 nitrogen and oxygen atoms in total. The molecule has 2 aromatic carbocycles. The number of methoxy groups -OCH3 is 1. The summed E-state index contributed by atoms with van der Waals surface area (Å²) in [6.07, 6.45) is 2.91. The lowest BCUT2D eigenvalue weighted by atomic mass is 9.91. The minimum absolute atomic E-state index is 0.0468. The van der Waals surface area contributed by atoms with Crippen molar-refractivity contribution >= 4 is 10.0 Å². The molecule has 0 bridgehead atoms. The summed E-state index contributed by atoms with van der Waals surface area (Å²) < 4.78 is 31.3. The molecule has 0 aromatic heterocycles. The summed E-state index contributed by atoms with van der Waals surface area (Å²) in [6, 6.07) is 15.0. The number of nitrogens with zero attached hydrogens (tertiary/aromatic N) is 1. The Labute approximate surface area is 175 Å². The van der Waals surface area contributed by atoms with Gasteiger partial charge in [0.2, 0.25) is 10.0 Å². The van der Waals surface area contributed by atoms with Gasteiger partial charge in [0, 0.05) is 31.2 Å². The van der Waals surface area contributed by atoms with Crippen LogP contribution >= 0.6 is 0 Å². The van der Waals surface area contributed by atoms with E-state index in [1.165, 1.54) is 22.9 Å². The molecule has 1 aliphatic heterocycles. The lowest BCUT2D eigenvalue weighted by molar-refractivity contribution is 0.200. The van der Waals surface area contributed by atoms with Crippen LogP contribution in [0.25, 0.3) is 11.1 Å². The fourth-order valence-corrected chi connectivity index (χ4v) is 4.92. The molecule has 0 saturated carbocycles. The van der Waals surface area contributed by atoms with E-state index in [-0.39, 0.29) is 6.04 Å². The lowest BCUT2D eigenvalue weighted by Gasteiger charge is -2.32. The second-order valence-electron chi connectivity index (χ2n) is 8.22. The Hall–Kier alpha value is -1.89. The number of rotatable bonds is 7. The molecule has 3 rings (SSSR count). The normalized spacial score (nSPS) is 16.3. The summed E-state index contributed by atoms with van der Waals surface area (Å²) in [6.45, 7) is 7.05. The quantitative estimate of drug-likeness (QED) is 0.741. The van der Waals surface area contributed by atoms with E-state index in [0.717, 1.165) is 43.8 Å². The van der Waals surface area contributed by atoms with E-state index in [9.17, 15) is 8.42 Å². The number of hydrogen-bond acceptors (Lipinski definition) is 4. The van der Waals surface area contributed by atoms with E-state index in [4.69, 9.17) is 4.74 Å². The van der Waals surface area contributed by atoms with Crippen molar-refractivity contribution in [1.82, 2.24) is 9.62 Å². The van der Waals surface area contributed by atoms with Gasteiger partial charge in [0.05, 0.1) is 13.4 Å². The molecule has 0 spiro atoms. The van der Waals surface area contributed by atoms with E-state index in [2.05, 4.69) is 65.9 Å². The van der Waals surface area contributed by atoms with Crippen LogP contribution in [0.4, 0.5) is 0 Å². The Morgan fingerprint density at radius 1 is 1.10 bits per heavy atom. The van der Waals surface area contributed by atoms with Crippen LogP contribution in [0.1, 0.15) is 43.7 Å². The third-order valence-corrected chi connectivity index (χ3v) is 6.27. The summed E-state index contributed by atoms with van der Waals surface area (Å²) in [4.78, 5) is 2.39. The Kier molecular flexibility index (Phi) is 6.98. The molecule has 1 saturated heterocycles. The first-order chi connectivity index (χ1) is 13.8. The summed E-state index contributed by atoms with van der Waals surface area (Å²) in [5.41, 5.74) is 4.91. The van der Waals surface area contributed by atoms with E-state index >= 15 is 0 Å². The topological polar surface area (TPSA) is 58.6 Å². The molecule has 0 amide bonds. The number of hydrogen-bond donors (Lipinski definition) is 1. The second kappa shape index (κ2) is 9.28. The van der Waals surface area contributed by atoms with Gasteiger partial charge in [-0.3, -0.25) is 4.90 Å². The molecule has 0 aliphatic carbocycles. The zero-order valence-electron chi connectivity index (χ0n) is 17.8. The Morgan fingerprint density at radius 2 is 1.79 bits per heavy atom. The minimum atomic E-state index is -3.14. The van der Waals surface area contributed by atoms with Crippen LogP contribution in [-0.4, -0.2) is 45.8 Å². The second-order valence-corrected chi connectivity index (χ2v) is 10.00. The zero-order valence-corrected chi connectivity index (χ0v) is 18.6. The van der Waals surface area contributed by atoms with Gasteiger partial charge in [0.25, 0.3) is 0 Å². The lowest BCUT2D eigenvalue weighted by Crippen LogP contribution is -2.43. The molecule has 1 aliphatic rings. The SMILES string of the molecule is COc1ccc(CN2CCC(NS(C)(=O)=O)CC2)cc1-c1ccccc1C(C)C. The van der Waals surface area contributed by atoms with E-state index < -0.39 is 10.0 Å². The Morgan fingerprint density at radius 3 is 2.41 bits per heavy atom. The summed E-state index contributed by atoms with van der Waals surface area (Å²) in [7, 11) is -1.42. The molecular formula is C23H32N2O3S. The number of piperidine rings is 1. The van der Waals surface area contributed by atoms with E-state index in [1.54, 1.807) is 7.11 Å². The highest BCUT2D eigenvalue weighted by atomic mass is 32.2. The van der Waals surface area contributed by atoms with E-state index in [0.29, 0.717) is 5.92 Å². The first-order valence-electron chi connectivity index (χ1n) is 10.2. The molecule has 0 atom stereocenters. The number of sulfonamides is 1. The van der Waals surface area contributed by atoms with Gasteiger partial charge in [-0.25, -0.2) is 13.1 Å². The van der Waals surface area contributed by atoms with Crippen molar-refractivity contribution in [1.29, 1.82) is 0 Å². The average molecular weight is 417 g/mol. The molecule has 6 heteroatoms. The van der Waals surface area contributed by atoms with Gasteiger partial charge in [0.1, 0.15) is 5.75 Å². The van der Waals surface area contributed by atoms with E-state index in [1.807, 2.05) is 0 Å². The number of ether oxygens (including phenoxy) is 1. The fourth-order valence-electron chi connectivity index (χ4n) is 4.08. The molecule has 158 valence electrons. The average Bonchev–Trinajstić information content (AvgIpc) is 2.68. The van der Waals surface area contributed by atoms with Gasteiger partial charge >= 0.3 is 0 Å². The number of nitrogens with one attached hydrogen (secondary N) is 1. The highest BCUT2D eigenvalue weighted by Crippen LogP contribution is 2.36. The monoisotopic (exact) mass is 416 g/mol. The van der Waals surface area contributed by atoms with Crippen LogP contribution in [0.3, 0.4) is 0 Å². The Balaban J connectivity index is 1.77. The molecule has 0 radical (unpaired) electrons. The predicted octanol–water partition coefficient (Wildman–Crippen LogP) is 4.00. The third-order valence-electron chi connectivity index (χ3n) is 5.51. The van der Waals surface area contributed by atoms with Crippen LogP contribution in [0.5, 0.6) is 5.75 Å². The van der Waals surface area contributed by atoms with Crippen LogP contribution in [-0.2, 0) is 16.6 Å². The maximum atomic E-state index is 11.4. The van der Waals surface area contributed by atoms with Crippen LogP contribution in [0, 0.1) is 0 Å². The third kappa shape index (κ3) is 5.81. The molecule has 1 heterocycles. The molecular weight excluding hydrogens is 384 g/mol. The molecule has 1 fully saturated rings. The van der Waals surface area contributed by atoms with Gasteiger partial charge in [-0.2, -0.15) is 0 Å². The van der Waals surface area contributed by atoms with Crippen molar-refractivity contribution < 1.29 is 13.2 Å². The first-order valence-corrected chi connectivity index (χ1v) is 12.1. The maximum absolute atomic E-state index is 11.4. The van der Waals surface area contributed by atoms with Crippen LogP contribution < -0.4 is 9.46 Å². The summed E-state index contributed by atoms with van der Waals surface area (Å²) in [5, 5.41) is 0. The number of likely N-dealkylation sites (tertiary alicyclic amines) is 1. The number of benzene rings is 2.